The molecular formula is C4H17MgNO8. The van der Waals surface area contributed by atoms with Gasteiger partial charge in [-0.15, -0.1) is 0 Å². The maximum atomic E-state index is 9.85. The first-order chi connectivity index (χ1) is 4.04. The summed E-state index contributed by atoms with van der Waals surface area (Å²) in [6.07, 6.45) is -0.532. The Labute approximate surface area is 98.2 Å². The van der Waals surface area contributed by atoms with Crippen LogP contribution in [0.3, 0.4) is 0 Å². The predicted molar refractivity (Wildman–Crippen MR) is 50.3 cm³/mol. The molecule has 0 fully saturated rings. The molecule has 0 aliphatic rings. The van der Waals surface area contributed by atoms with Crippen molar-refractivity contribution in [1.82, 2.24) is 0 Å². The van der Waals surface area contributed by atoms with Gasteiger partial charge in [-0.2, -0.15) is 0 Å². The Balaban J connectivity index is -0.0000000152. The topological polar surface area (TPSA) is 227 Å². The molecular weight excluding hydrogens is 214 g/mol. The summed E-state index contributed by atoms with van der Waals surface area (Å²) in [5.74, 6) is -2.50. The molecule has 0 aliphatic carbocycles. The van der Waals surface area contributed by atoms with E-state index in [0.29, 0.717) is 0 Å². The van der Waals surface area contributed by atoms with E-state index in [2.05, 4.69) is 0 Å². The molecule has 0 radical (unpaired) electrons. The van der Waals surface area contributed by atoms with Crippen molar-refractivity contribution in [3.05, 3.63) is 0 Å². The Morgan fingerprint density at radius 1 is 1.14 bits per heavy atom. The van der Waals surface area contributed by atoms with E-state index in [9.17, 15) is 9.59 Å². The molecule has 12 N–H and O–H groups in total. The van der Waals surface area contributed by atoms with Crippen LogP contribution in [-0.4, -0.2) is 73.2 Å². The molecule has 0 aromatic rings. The molecule has 10 heteroatoms. The number of carboxylic acids is 2. The normalized spacial score (nSPS) is 8.07. The van der Waals surface area contributed by atoms with Gasteiger partial charge in [0.25, 0.3) is 0 Å². The zero-order chi connectivity index (χ0) is 7.44. The van der Waals surface area contributed by atoms with Crippen molar-refractivity contribution in [2.75, 3.05) is 0 Å². The predicted octanol–water partition coefficient (Wildman–Crippen LogP) is -4.58. The number of hydrogen-bond donors (Lipinski definition) is 3. The van der Waals surface area contributed by atoms with Crippen LogP contribution >= 0.6 is 0 Å². The standard InChI is InChI=1S/C4H7NO4.Mg.4H2O.2H/c5-2(4(8)9)1-3(6)7;;;;;;;/h2H,1,5H2,(H,6,7)(H,8,9);;4*1H2;;/q;+2;;;;;2*-1/t2-;;;;;;;/m0......./s1. The van der Waals surface area contributed by atoms with Crippen LogP contribution in [0.2, 0.25) is 0 Å². The third kappa shape index (κ3) is 22.5. The van der Waals surface area contributed by atoms with Gasteiger partial charge >= 0.3 is 35.0 Å². The quantitative estimate of drug-likeness (QED) is 0.406. The summed E-state index contributed by atoms with van der Waals surface area (Å²) >= 11 is 0. The Morgan fingerprint density at radius 3 is 1.50 bits per heavy atom. The third-order valence-corrected chi connectivity index (χ3v) is 0.712. The monoisotopic (exact) mass is 231 g/mol. The summed E-state index contributed by atoms with van der Waals surface area (Å²) in [4.78, 5) is 19.6. The van der Waals surface area contributed by atoms with E-state index < -0.39 is 24.4 Å². The van der Waals surface area contributed by atoms with Crippen LogP contribution in [-0.2, 0) is 9.59 Å². The Morgan fingerprint density at radius 2 is 1.43 bits per heavy atom. The Bertz CT molecular complexity index is 150. The molecule has 0 spiro atoms. The number of carbonyl (C=O) groups is 2. The van der Waals surface area contributed by atoms with Crippen LogP contribution in [0.1, 0.15) is 9.27 Å². The zero-order valence-electron chi connectivity index (χ0n) is 9.28. The van der Waals surface area contributed by atoms with Crippen LogP contribution in [0, 0.1) is 0 Å². The van der Waals surface area contributed by atoms with Crippen molar-refractivity contribution in [2.24, 2.45) is 5.73 Å². The summed E-state index contributed by atoms with van der Waals surface area (Å²) < 4.78 is 0. The molecule has 0 saturated carbocycles. The minimum absolute atomic E-state index is 0. The summed E-state index contributed by atoms with van der Waals surface area (Å²) in [7, 11) is 0. The largest absolute Gasteiger partial charge is 2.00 e. The van der Waals surface area contributed by atoms with Crippen molar-refractivity contribution in [3.8, 4) is 0 Å². The fourth-order valence-corrected chi connectivity index (χ4v) is 0.275. The van der Waals surface area contributed by atoms with Crippen molar-refractivity contribution < 1.29 is 44.6 Å². The van der Waals surface area contributed by atoms with E-state index in [1.54, 1.807) is 0 Å². The van der Waals surface area contributed by atoms with Gasteiger partial charge in [-0.3, -0.25) is 9.59 Å². The van der Waals surface area contributed by atoms with Crippen molar-refractivity contribution >= 4 is 35.0 Å². The smallest absolute Gasteiger partial charge is 1.00 e. The maximum absolute atomic E-state index is 9.85. The zero-order valence-corrected chi connectivity index (χ0v) is 8.69. The van der Waals surface area contributed by atoms with Gasteiger partial charge in [0.15, 0.2) is 0 Å². The van der Waals surface area contributed by atoms with Crippen LogP contribution < -0.4 is 5.73 Å². The molecule has 1 atom stereocenters. The molecule has 9 nitrogen and oxygen atoms in total. The van der Waals surface area contributed by atoms with E-state index in [1.165, 1.54) is 0 Å². The van der Waals surface area contributed by atoms with Gasteiger partial charge < -0.3 is 40.7 Å². The summed E-state index contributed by atoms with van der Waals surface area (Å²) in [6.45, 7) is 0. The van der Waals surface area contributed by atoms with E-state index in [4.69, 9.17) is 15.9 Å². The van der Waals surface area contributed by atoms with Gasteiger partial charge in [-0.05, 0) is 0 Å². The second-order valence-corrected chi connectivity index (χ2v) is 1.54. The molecule has 0 amide bonds. The average Bonchev–Trinajstić information content (AvgIpc) is 1.63. The summed E-state index contributed by atoms with van der Waals surface area (Å²) in [5.41, 5.74) is 4.84. The maximum Gasteiger partial charge on any atom is 2.00 e. The number of carboxylic acid groups (broad SMARTS) is 2. The molecule has 0 bridgehead atoms. The number of aliphatic carboxylic acids is 2. The number of rotatable bonds is 3. The fourth-order valence-electron chi connectivity index (χ4n) is 0.275. The average molecular weight is 231 g/mol. The van der Waals surface area contributed by atoms with Crippen LogP contribution in [0.25, 0.3) is 0 Å². The van der Waals surface area contributed by atoms with Crippen LogP contribution in [0.5, 0.6) is 0 Å². The van der Waals surface area contributed by atoms with Gasteiger partial charge in [-0.25, -0.2) is 0 Å². The van der Waals surface area contributed by atoms with Crippen LogP contribution in [0.15, 0.2) is 0 Å². The molecule has 14 heavy (non-hydrogen) atoms. The molecule has 0 aromatic heterocycles. The van der Waals surface area contributed by atoms with Gasteiger partial charge in [0.2, 0.25) is 0 Å². The molecule has 0 saturated heterocycles. The minimum atomic E-state index is -1.29. The fraction of sp³-hybridized carbons (Fsp3) is 0.500. The minimum Gasteiger partial charge on any atom is -1.00 e. The number of hydrogen-bond acceptors (Lipinski definition) is 3. The van der Waals surface area contributed by atoms with Gasteiger partial charge in [-0.1, -0.05) is 0 Å². The summed E-state index contributed by atoms with van der Waals surface area (Å²) in [6, 6.07) is -1.29. The van der Waals surface area contributed by atoms with Gasteiger partial charge in [0.1, 0.15) is 6.04 Å². The van der Waals surface area contributed by atoms with Crippen molar-refractivity contribution in [1.29, 1.82) is 0 Å². The van der Waals surface area contributed by atoms with E-state index >= 15 is 0 Å². The molecule has 0 unspecified atom stereocenters. The first-order valence-corrected chi connectivity index (χ1v) is 2.24. The van der Waals surface area contributed by atoms with Crippen LogP contribution in [0.4, 0.5) is 0 Å². The molecule has 0 rings (SSSR count). The molecule has 0 aliphatic heterocycles. The van der Waals surface area contributed by atoms with Gasteiger partial charge in [0.05, 0.1) is 6.42 Å². The summed E-state index contributed by atoms with van der Waals surface area (Å²) in [5, 5.41) is 16.0. The number of nitrogens with two attached hydrogens (primary N) is 1. The van der Waals surface area contributed by atoms with Crippen molar-refractivity contribution in [3.63, 3.8) is 0 Å². The Hall–Kier alpha value is -0.494. The molecule has 88 valence electrons. The van der Waals surface area contributed by atoms with Gasteiger partial charge in [0, 0.05) is 0 Å². The molecule has 0 heterocycles. The first kappa shape index (κ1) is 37.5. The van der Waals surface area contributed by atoms with E-state index in [1.807, 2.05) is 0 Å². The first-order valence-electron chi connectivity index (χ1n) is 2.24. The third-order valence-electron chi connectivity index (χ3n) is 0.712. The second kappa shape index (κ2) is 18.3. The second-order valence-electron chi connectivity index (χ2n) is 1.54. The van der Waals surface area contributed by atoms with E-state index in [-0.39, 0.29) is 47.8 Å². The SMILES string of the molecule is N[C@@H](CC(=O)O)C(=O)O.O.O.O.O.[H-].[H-].[Mg+2]. The van der Waals surface area contributed by atoms with Crippen molar-refractivity contribution in [2.45, 2.75) is 12.5 Å². The molecule has 0 aromatic carbocycles. The van der Waals surface area contributed by atoms with E-state index in [0.717, 1.165) is 0 Å². The Kier molecular flexibility index (Phi) is 49.1.